The van der Waals surface area contributed by atoms with Gasteiger partial charge in [-0.1, -0.05) is 6.07 Å². The van der Waals surface area contributed by atoms with E-state index in [-0.39, 0.29) is 6.04 Å². The molecule has 0 saturated carbocycles. The smallest absolute Gasteiger partial charge is 0.185 e. The molecule has 3 rings (SSSR count). The molecule has 0 aromatic carbocycles. The Bertz CT molecular complexity index is 529. The molecular weight excluding hydrogens is 270 g/mol. The molecule has 3 heterocycles. The lowest BCUT2D eigenvalue weighted by molar-refractivity contribution is 0.645. The van der Waals surface area contributed by atoms with Crippen LogP contribution in [0.4, 0.5) is 10.9 Å². The minimum Gasteiger partial charge on any atom is -0.353 e. The van der Waals surface area contributed by atoms with Crippen molar-refractivity contribution in [2.75, 3.05) is 36.0 Å². The number of nitrogens with two attached hydrogens (primary N) is 1. The molecule has 20 heavy (non-hydrogen) atoms. The van der Waals surface area contributed by atoms with Crippen LogP contribution in [0.2, 0.25) is 0 Å². The van der Waals surface area contributed by atoms with Crippen molar-refractivity contribution in [3.05, 3.63) is 35.5 Å². The second-order valence-corrected chi connectivity index (χ2v) is 5.90. The van der Waals surface area contributed by atoms with Crippen LogP contribution in [0.3, 0.4) is 0 Å². The van der Waals surface area contributed by atoms with Crippen LogP contribution in [0.25, 0.3) is 0 Å². The quantitative estimate of drug-likeness (QED) is 0.935. The Morgan fingerprint density at radius 3 is 2.45 bits per heavy atom. The first-order chi connectivity index (χ1) is 9.74. The Kier molecular flexibility index (Phi) is 3.84. The molecule has 0 aliphatic carbocycles. The van der Waals surface area contributed by atoms with Crippen molar-refractivity contribution in [2.45, 2.75) is 13.0 Å². The van der Waals surface area contributed by atoms with E-state index in [1.54, 1.807) is 11.3 Å². The van der Waals surface area contributed by atoms with Crippen LogP contribution in [0.5, 0.6) is 0 Å². The second-order valence-electron chi connectivity index (χ2n) is 5.03. The van der Waals surface area contributed by atoms with E-state index in [1.807, 2.05) is 24.7 Å². The van der Waals surface area contributed by atoms with Gasteiger partial charge in [0, 0.05) is 50.0 Å². The van der Waals surface area contributed by atoms with Crippen LogP contribution < -0.4 is 15.5 Å². The first-order valence-electron chi connectivity index (χ1n) is 6.85. The van der Waals surface area contributed by atoms with E-state index in [1.165, 1.54) is 0 Å². The maximum atomic E-state index is 5.85. The number of pyridine rings is 1. The number of hydrogen-bond donors (Lipinski definition) is 1. The van der Waals surface area contributed by atoms with E-state index in [9.17, 15) is 0 Å². The molecule has 5 nitrogen and oxygen atoms in total. The van der Waals surface area contributed by atoms with Crippen molar-refractivity contribution >= 4 is 22.3 Å². The number of hydrogen-bond acceptors (Lipinski definition) is 6. The molecule has 1 atom stereocenters. The molecule has 0 radical (unpaired) electrons. The topological polar surface area (TPSA) is 58.3 Å². The summed E-state index contributed by atoms with van der Waals surface area (Å²) in [6, 6.07) is 4.18. The summed E-state index contributed by atoms with van der Waals surface area (Å²) in [6.45, 7) is 5.91. The minimum absolute atomic E-state index is 0.0401. The third-order valence-electron chi connectivity index (χ3n) is 3.59. The van der Waals surface area contributed by atoms with E-state index in [0.29, 0.717) is 0 Å². The molecule has 1 saturated heterocycles. The molecule has 2 N–H and O–H groups in total. The van der Waals surface area contributed by atoms with Gasteiger partial charge in [-0.05, 0) is 18.6 Å². The lowest BCUT2D eigenvalue weighted by Gasteiger charge is -2.35. The van der Waals surface area contributed by atoms with Gasteiger partial charge < -0.3 is 15.5 Å². The van der Waals surface area contributed by atoms with Crippen molar-refractivity contribution in [2.24, 2.45) is 5.73 Å². The van der Waals surface area contributed by atoms with Gasteiger partial charge in [-0.3, -0.25) is 0 Å². The van der Waals surface area contributed by atoms with Gasteiger partial charge in [0.15, 0.2) is 5.13 Å². The van der Waals surface area contributed by atoms with E-state index >= 15 is 0 Å². The first-order valence-corrected chi connectivity index (χ1v) is 7.73. The van der Waals surface area contributed by atoms with Crippen molar-refractivity contribution in [1.29, 1.82) is 0 Å². The SMILES string of the molecule is CC(N)c1ccc(N2CCN(c3nccs3)CC2)nc1. The minimum atomic E-state index is 0.0401. The Morgan fingerprint density at radius 1 is 1.15 bits per heavy atom. The lowest BCUT2D eigenvalue weighted by Crippen LogP contribution is -2.46. The molecule has 1 unspecified atom stereocenters. The van der Waals surface area contributed by atoms with E-state index < -0.39 is 0 Å². The second kappa shape index (κ2) is 5.76. The number of thiazole rings is 1. The first kappa shape index (κ1) is 13.3. The summed E-state index contributed by atoms with van der Waals surface area (Å²) < 4.78 is 0. The molecule has 6 heteroatoms. The van der Waals surface area contributed by atoms with Crippen molar-refractivity contribution in [1.82, 2.24) is 9.97 Å². The van der Waals surface area contributed by atoms with Gasteiger partial charge in [-0.25, -0.2) is 9.97 Å². The van der Waals surface area contributed by atoms with E-state index in [2.05, 4.69) is 31.9 Å². The molecule has 0 bridgehead atoms. The van der Waals surface area contributed by atoms with Gasteiger partial charge in [0.05, 0.1) is 0 Å². The van der Waals surface area contributed by atoms with Crippen LogP contribution in [0.1, 0.15) is 18.5 Å². The Morgan fingerprint density at radius 2 is 1.90 bits per heavy atom. The standard InChI is InChI=1S/C14H19N5S/c1-11(15)12-2-3-13(17-10-12)18-5-7-19(8-6-18)14-16-4-9-20-14/h2-4,9-11H,5-8,15H2,1H3. The predicted octanol–water partition coefficient (Wildman–Crippen LogP) is 1.88. The Labute approximate surface area is 123 Å². The molecule has 0 amide bonds. The molecule has 1 aliphatic heterocycles. The number of anilines is 2. The number of aromatic nitrogens is 2. The monoisotopic (exact) mass is 289 g/mol. The van der Waals surface area contributed by atoms with Crippen LogP contribution in [0.15, 0.2) is 29.9 Å². The molecule has 2 aromatic rings. The normalized spacial score (nSPS) is 17.3. The van der Waals surface area contributed by atoms with E-state index in [4.69, 9.17) is 5.73 Å². The van der Waals surface area contributed by atoms with Crippen molar-refractivity contribution in [3.63, 3.8) is 0 Å². The lowest BCUT2D eigenvalue weighted by atomic mass is 10.1. The Hall–Kier alpha value is -1.66. The fraction of sp³-hybridized carbons (Fsp3) is 0.429. The maximum Gasteiger partial charge on any atom is 0.185 e. The third kappa shape index (κ3) is 2.76. The number of piperazine rings is 1. The third-order valence-corrected chi connectivity index (χ3v) is 4.42. The zero-order valence-corrected chi connectivity index (χ0v) is 12.4. The van der Waals surface area contributed by atoms with Gasteiger partial charge in [-0.2, -0.15) is 0 Å². The molecule has 0 spiro atoms. The molecule has 1 aliphatic rings. The largest absolute Gasteiger partial charge is 0.353 e. The summed E-state index contributed by atoms with van der Waals surface area (Å²) in [5.74, 6) is 1.04. The summed E-state index contributed by atoms with van der Waals surface area (Å²) >= 11 is 1.70. The molecule has 1 fully saturated rings. The average molecular weight is 289 g/mol. The van der Waals surface area contributed by atoms with Crippen molar-refractivity contribution < 1.29 is 0 Å². The average Bonchev–Trinajstić information content (AvgIpc) is 3.02. The van der Waals surface area contributed by atoms with Crippen LogP contribution in [-0.4, -0.2) is 36.1 Å². The summed E-state index contributed by atoms with van der Waals surface area (Å²) in [7, 11) is 0. The maximum absolute atomic E-state index is 5.85. The van der Waals surface area contributed by atoms with Crippen molar-refractivity contribution in [3.8, 4) is 0 Å². The van der Waals surface area contributed by atoms with Gasteiger partial charge in [0.1, 0.15) is 5.82 Å². The highest BCUT2D eigenvalue weighted by Gasteiger charge is 2.19. The molecular formula is C14H19N5S. The highest BCUT2D eigenvalue weighted by atomic mass is 32.1. The summed E-state index contributed by atoms with van der Waals surface area (Å²) in [4.78, 5) is 13.5. The summed E-state index contributed by atoms with van der Waals surface area (Å²) in [5, 5.41) is 3.14. The summed E-state index contributed by atoms with van der Waals surface area (Å²) in [6.07, 6.45) is 3.74. The molecule has 2 aromatic heterocycles. The fourth-order valence-electron chi connectivity index (χ4n) is 2.35. The predicted molar refractivity (Wildman–Crippen MR) is 83.4 cm³/mol. The highest BCUT2D eigenvalue weighted by molar-refractivity contribution is 7.13. The van der Waals surface area contributed by atoms with Crippen LogP contribution in [-0.2, 0) is 0 Å². The van der Waals surface area contributed by atoms with Gasteiger partial charge in [0.25, 0.3) is 0 Å². The number of rotatable bonds is 3. The molecule has 106 valence electrons. The summed E-state index contributed by atoms with van der Waals surface area (Å²) in [5.41, 5.74) is 6.93. The fourth-order valence-corrected chi connectivity index (χ4v) is 3.05. The van der Waals surface area contributed by atoms with Crippen LogP contribution >= 0.6 is 11.3 Å². The Balaban J connectivity index is 1.63. The number of nitrogens with zero attached hydrogens (tertiary/aromatic N) is 4. The van der Waals surface area contributed by atoms with Crippen LogP contribution in [0, 0.1) is 0 Å². The highest BCUT2D eigenvalue weighted by Crippen LogP contribution is 2.21. The van der Waals surface area contributed by atoms with Gasteiger partial charge in [0.2, 0.25) is 0 Å². The zero-order chi connectivity index (χ0) is 13.9. The van der Waals surface area contributed by atoms with E-state index in [0.717, 1.165) is 42.7 Å². The van der Waals surface area contributed by atoms with Gasteiger partial charge in [-0.15, -0.1) is 11.3 Å². The van der Waals surface area contributed by atoms with Gasteiger partial charge >= 0.3 is 0 Å². The zero-order valence-electron chi connectivity index (χ0n) is 11.6.